The van der Waals surface area contributed by atoms with Gasteiger partial charge in [-0.3, -0.25) is 0 Å². The zero-order chi connectivity index (χ0) is 29.1. The molecule has 0 aliphatic rings. The van der Waals surface area contributed by atoms with Gasteiger partial charge in [0.15, 0.2) is 10.1 Å². The minimum absolute atomic E-state index is 0. The predicted molar refractivity (Wildman–Crippen MR) is 69.2 cm³/mol. The maximum absolute atomic E-state index is 13.5. The summed E-state index contributed by atoms with van der Waals surface area (Å²) in [6.45, 7) is 0. The van der Waals surface area contributed by atoms with Gasteiger partial charge in [0.2, 0.25) is 0 Å². The molecule has 0 aromatic rings. The van der Waals surface area contributed by atoms with Crippen molar-refractivity contribution in [1.82, 2.24) is 0 Å². The van der Waals surface area contributed by atoms with Crippen LogP contribution in [0, 0.1) is 0 Å². The quantitative estimate of drug-likeness (QED) is 0.209. The van der Waals surface area contributed by atoms with Crippen molar-refractivity contribution in [2.45, 2.75) is 72.2 Å². The van der Waals surface area contributed by atoms with Crippen LogP contribution in [0.4, 0.5) is 83.4 Å². The van der Waals surface area contributed by atoms with Crippen molar-refractivity contribution in [1.29, 1.82) is 0 Å². The van der Waals surface area contributed by atoms with Crippen LogP contribution in [0.15, 0.2) is 0 Å². The van der Waals surface area contributed by atoms with Gasteiger partial charge < -0.3 is 4.55 Å². The maximum Gasteiger partial charge on any atom is 1.00 e. The summed E-state index contributed by atoms with van der Waals surface area (Å²) in [4.78, 5) is 0. The van der Waals surface area contributed by atoms with Gasteiger partial charge in [-0.25, -0.2) is 8.42 Å². The first-order chi connectivity index (χ1) is 14.7. The summed E-state index contributed by atoms with van der Waals surface area (Å²) >= 11 is 0. The summed E-state index contributed by atoms with van der Waals surface area (Å²) in [5.41, 5.74) is 0. The van der Waals surface area contributed by atoms with Gasteiger partial charge in [-0.15, -0.1) is 0 Å². The second kappa shape index (κ2) is 9.73. The van der Waals surface area contributed by atoms with Crippen molar-refractivity contribution in [3.63, 3.8) is 0 Å². The monoisotopic (exact) mass is 598 g/mol. The molecule has 0 N–H and O–H groups in total. The summed E-state index contributed by atoms with van der Waals surface area (Å²) in [6, 6.07) is 0. The van der Waals surface area contributed by atoms with Crippen molar-refractivity contribution >= 4 is 10.1 Å². The molecule has 0 aromatic carbocycles. The molecule has 0 aromatic heterocycles. The normalized spacial score (nSPS) is 16.1. The molecule has 3 nitrogen and oxygen atoms in total. The van der Waals surface area contributed by atoms with E-state index in [1.807, 2.05) is 0 Å². The van der Waals surface area contributed by atoms with Gasteiger partial charge in [0.25, 0.3) is 0 Å². The number of hydrogen-bond donors (Lipinski definition) is 0. The Kier molecular flexibility index (Phi) is 10.1. The zero-order valence-corrected chi connectivity index (χ0v) is 17.3. The maximum atomic E-state index is 13.5. The molecule has 36 heavy (non-hydrogen) atoms. The number of hydrogen-bond acceptors (Lipinski definition) is 3. The van der Waals surface area contributed by atoms with Crippen LogP contribution in [0.3, 0.4) is 0 Å². The molecule has 0 aliphatic carbocycles. The van der Waals surface area contributed by atoms with Crippen LogP contribution in [0.2, 0.25) is 0 Å². The third-order valence-electron chi connectivity index (χ3n) is 4.06. The molecule has 212 valence electrons. The SMILES string of the molecule is O=S(=O)([O-])C(F)(F)C(F)(F)C(F)(F)C(F)(F)C(F)(F)C(F)(F)C(F)(F)C(F)(F)CCCC(F)(F)F.[Li+]. The van der Waals surface area contributed by atoms with E-state index in [1.54, 1.807) is 0 Å². The number of halogens is 19. The Labute approximate surface area is 198 Å². The van der Waals surface area contributed by atoms with Crippen molar-refractivity contribution in [2.24, 2.45) is 0 Å². The summed E-state index contributed by atoms with van der Waals surface area (Å²) in [7, 11) is -8.20. The van der Waals surface area contributed by atoms with Crippen molar-refractivity contribution < 1.29 is 115 Å². The standard InChI is InChI=1S/C12H7F19O3S.Li/c13-4(14,2-1-3-5(15,16)17)6(18,19)7(20,21)8(22,23)9(24,25)10(26,27)11(28,29)12(30,31)35(32,33)34;/h1-3H2,(H,32,33,34);/q;+1/p-1. The Morgan fingerprint density at radius 1 is 0.472 bits per heavy atom. The van der Waals surface area contributed by atoms with Crippen molar-refractivity contribution in [3.05, 3.63) is 0 Å². The van der Waals surface area contributed by atoms with E-state index in [-0.39, 0.29) is 18.9 Å². The summed E-state index contributed by atoms with van der Waals surface area (Å²) in [5.74, 6) is -58.8. The topological polar surface area (TPSA) is 57.2 Å². The third-order valence-corrected chi connectivity index (χ3v) is 4.95. The smallest absolute Gasteiger partial charge is 0.743 e. The molecule has 0 fully saturated rings. The first-order valence-corrected chi connectivity index (χ1v) is 9.16. The predicted octanol–water partition coefficient (Wildman–Crippen LogP) is 3.31. The van der Waals surface area contributed by atoms with Gasteiger partial charge in [0.1, 0.15) is 0 Å². The van der Waals surface area contributed by atoms with Crippen LogP contribution >= 0.6 is 0 Å². The van der Waals surface area contributed by atoms with E-state index >= 15 is 0 Å². The molecule has 0 rings (SSSR count). The van der Waals surface area contributed by atoms with Gasteiger partial charge in [0.05, 0.1) is 0 Å². The molecule has 0 atom stereocenters. The van der Waals surface area contributed by atoms with E-state index in [4.69, 9.17) is 0 Å². The fraction of sp³-hybridized carbons (Fsp3) is 1.00. The second-order valence-corrected chi connectivity index (χ2v) is 8.01. The molecule has 0 spiro atoms. The Morgan fingerprint density at radius 2 is 0.750 bits per heavy atom. The summed E-state index contributed by atoms with van der Waals surface area (Å²) in [6.07, 6.45) is -13.4. The zero-order valence-electron chi connectivity index (χ0n) is 16.4. The molecule has 0 amide bonds. The van der Waals surface area contributed by atoms with E-state index in [9.17, 15) is 96.4 Å². The van der Waals surface area contributed by atoms with Gasteiger partial charge in [0, 0.05) is 12.8 Å². The second-order valence-electron chi connectivity index (χ2n) is 6.59. The fourth-order valence-corrected chi connectivity index (χ4v) is 2.47. The van der Waals surface area contributed by atoms with E-state index in [0.29, 0.717) is 0 Å². The Balaban J connectivity index is 0. The van der Waals surface area contributed by atoms with Crippen LogP contribution in [0.5, 0.6) is 0 Å². The average Bonchev–Trinajstić information content (AvgIpc) is 2.58. The van der Waals surface area contributed by atoms with E-state index in [1.165, 1.54) is 0 Å². The van der Waals surface area contributed by atoms with Gasteiger partial charge >= 0.3 is 71.7 Å². The van der Waals surface area contributed by atoms with Crippen LogP contribution in [0.25, 0.3) is 0 Å². The van der Waals surface area contributed by atoms with Gasteiger partial charge in [-0.1, -0.05) is 0 Å². The average molecular weight is 598 g/mol. The Bertz CT molecular complexity index is 879. The van der Waals surface area contributed by atoms with E-state index < -0.39 is 82.3 Å². The van der Waals surface area contributed by atoms with Crippen LogP contribution in [-0.4, -0.2) is 65.9 Å². The molecule has 0 saturated carbocycles. The molecule has 0 heterocycles. The first kappa shape index (κ1) is 37.3. The van der Waals surface area contributed by atoms with E-state index in [0.717, 1.165) is 0 Å². The Morgan fingerprint density at radius 3 is 1.03 bits per heavy atom. The Hall–Kier alpha value is -0.823. The van der Waals surface area contributed by atoms with Crippen LogP contribution in [0.1, 0.15) is 19.3 Å². The minimum atomic E-state index is -8.95. The molecule has 0 aliphatic heterocycles. The van der Waals surface area contributed by atoms with E-state index in [2.05, 4.69) is 0 Å². The van der Waals surface area contributed by atoms with Gasteiger partial charge in [-0.2, -0.15) is 83.4 Å². The summed E-state index contributed by atoms with van der Waals surface area (Å²) < 4.78 is 278. The summed E-state index contributed by atoms with van der Waals surface area (Å²) in [5, 5.41) is -8.00. The molecular formula is C12H6F19LiO3S. The van der Waals surface area contributed by atoms with Crippen molar-refractivity contribution in [3.8, 4) is 0 Å². The third kappa shape index (κ3) is 5.48. The molecular weight excluding hydrogens is 592 g/mol. The van der Waals surface area contributed by atoms with Crippen LogP contribution in [-0.2, 0) is 10.1 Å². The van der Waals surface area contributed by atoms with Crippen molar-refractivity contribution in [2.75, 3.05) is 0 Å². The fourth-order valence-electron chi connectivity index (χ4n) is 2.03. The molecule has 0 radical (unpaired) electrons. The van der Waals surface area contributed by atoms with Crippen LogP contribution < -0.4 is 18.9 Å². The number of rotatable bonds is 11. The number of alkyl halides is 19. The minimum Gasteiger partial charge on any atom is -0.743 e. The molecule has 24 heteroatoms. The molecule has 0 unspecified atom stereocenters. The largest absolute Gasteiger partial charge is 1.00 e. The molecule has 0 saturated heterocycles. The van der Waals surface area contributed by atoms with Gasteiger partial charge in [-0.05, 0) is 6.42 Å². The first-order valence-electron chi connectivity index (χ1n) is 7.75. The molecule has 0 bridgehead atoms.